The highest BCUT2D eigenvalue weighted by Crippen LogP contribution is 2.25. The first-order chi connectivity index (χ1) is 9.60. The number of carbonyl (C=O) groups excluding carboxylic acids is 1. The topological polar surface area (TPSA) is 97.3 Å². The lowest BCUT2D eigenvalue weighted by Crippen LogP contribution is -2.10. The molecule has 2 rings (SSSR count). The van der Waals surface area contributed by atoms with Crippen LogP contribution in [0.1, 0.15) is 10.4 Å². The van der Waals surface area contributed by atoms with Gasteiger partial charge >= 0.3 is 0 Å². The number of primary amides is 1. The minimum Gasteiger partial charge on any atom is -0.507 e. The van der Waals surface area contributed by atoms with Gasteiger partial charge in [-0.05, 0) is 42.5 Å². The van der Waals surface area contributed by atoms with Crippen LogP contribution >= 0.6 is 0 Å². The van der Waals surface area contributed by atoms with E-state index in [1.54, 1.807) is 31.4 Å². The van der Waals surface area contributed by atoms with E-state index in [9.17, 15) is 9.90 Å². The summed E-state index contributed by atoms with van der Waals surface area (Å²) >= 11 is 0. The van der Waals surface area contributed by atoms with Gasteiger partial charge in [-0.3, -0.25) is 4.79 Å². The van der Waals surface area contributed by atoms with E-state index in [0.717, 1.165) is 5.75 Å². The third kappa shape index (κ3) is 3.11. The van der Waals surface area contributed by atoms with Crippen LogP contribution in [0.15, 0.2) is 52.7 Å². The minimum absolute atomic E-state index is 0.0104. The quantitative estimate of drug-likeness (QED) is 0.836. The van der Waals surface area contributed by atoms with Gasteiger partial charge in [0.05, 0.1) is 24.0 Å². The van der Waals surface area contributed by atoms with E-state index in [0.29, 0.717) is 11.4 Å². The zero-order valence-electron chi connectivity index (χ0n) is 10.8. The Morgan fingerprint density at radius 3 is 2.30 bits per heavy atom. The molecule has 0 heterocycles. The van der Waals surface area contributed by atoms with Gasteiger partial charge in [0.15, 0.2) is 0 Å². The second-order valence-electron chi connectivity index (χ2n) is 3.96. The van der Waals surface area contributed by atoms with E-state index >= 15 is 0 Å². The lowest BCUT2D eigenvalue weighted by Gasteiger charge is -2.01. The summed E-state index contributed by atoms with van der Waals surface area (Å²) in [5, 5.41) is 17.5. The van der Waals surface area contributed by atoms with Crippen LogP contribution in [0.4, 0.5) is 11.4 Å². The Morgan fingerprint density at radius 2 is 1.70 bits per heavy atom. The molecule has 0 radical (unpaired) electrons. The molecule has 0 saturated heterocycles. The first-order valence-electron chi connectivity index (χ1n) is 5.79. The van der Waals surface area contributed by atoms with Gasteiger partial charge in [-0.2, -0.15) is 10.2 Å². The molecule has 0 aliphatic rings. The van der Waals surface area contributed by atoms with E-state index in [-0.39, 0.29) is 11.3 Å². The molecule has 0 unspecified atom stereocenters. The standard InChI is InChI=1S/C14H13N3O3/c1-20-11-5-2-9(3-6-11)16-17-10-4-7-13(18)12(8-10)14(15)19/h2-8,18H,1H3,(H2,15,19). The number of phenols is 1. The van der Waals surface area contributed by atoms with Gasteiger partial charge in [0.25, 0.3) is 5.91 Å². The van der Waals surface area contributed by atoms with E-state index in [2.05, 4.69) is 10.2 Å². The van der Waals surface area contributed by atoms with Crippen molar-refractivity contribution in [2.24, 2.45) is 16.0 Å². The smallest absolute Gasteiger partial charge is 0.252 e. The minimum atomic E-state index is -0.719. The fourth-order valence-corrected chi connectivity index (χ4v) is 1.55. The largest absolute Gasteiger partial charge is 0.507 e. The highest BCUT2D eigenvalue weighted by Gasteiger charge is 2.07. The highest BCUT2D eigenvalue weighted by molar-refractivity contribution is 5.96. The molecule has 20 heavy (non-hydrogen) atoms. The van der Waals surface area contributed by atoms with E-state index in [1.807, 2.05) is 0 Å². The molecule has 0 bridgehead atoms. The van der Waals surface area contributed by atoms with Crippen molar-refractivity contribution in [2.45, 2.75) is 0 Å². The van der Waals surface area contributed by atoms with Crippen LogP contribution < -0.4 is 10.5 Å². The van der Waals surface area contributed by atoms with Crippen LogP contribution in [-0.2, 0) is 0 Å². The van der Waals surface area contributed by atoms with Crippen molar-refractivity contribution in [2.75, 3.05) is 7.11 Å². The van der Waals surface area contributed by atoms with Crippen molar-refractivity contribution >= 4 is 17.3 Å². The van der Waals surface area contributed by atoms with Crippen LogP contribution in [0.5, 0.6) is 11.5 Å². The first kappa shape index (κ1) is 13.5. The molecule has 2 aromatic carbocycles. The summed E-state index contributed by atoms with van der Waals surface area (Å²) in [6, 6.07) is 11.3. The monoisotopic (exact) mass is 271 g/mol. The molecule has 0 fully saturated rings. The van der Waals surface area contributed by atoms with Crippen LogP contribution in [-0.4, -0.2) is 18.1 Å². The van der Waals surface area contributed by atoms with Crippen molar-refractivity contribution in [1.29, 1.82) is 0 Å². The van der Waals surface area contributed by atoms with E-state index in [1.165, 1.54) is 18.2 Å². The molecule has 102 valence electrons. The van der Waals surface area contributed by atoms with Crippen molar-refractivity contribution in [3.63, 3.8) is 0 Å². The van der Waals surface area contributed by atoms with Crippen molar-refractivity contribution in [3.8, 4) is 11.5 Å². The van der Waals surface area contributed by atoms with Gasteiger partial charge in [0, 0.05) is 0 Å². The summed E-state index contributed by atoms with van der Waals surface area (Å²) < 4.78 is 5.04. The number of methoxy groups -OCH3 is 1. The number of amides is 1. The Kier molecular flexibility index (Phi) is 3.95. The second-order valence-corrected chi connectivity index (χ2v) is 3.96. The molecule has 0 atom stereocenters. The number of benzene rings is 2. The van der Waals surface area contributed by atoms with Gasteiger partial charge in [0.1, 0.15) is 11.5 Å². The normalized spacial score (nSPS) is 10.7. The summed E-state index contributed by atoms with van der Waals surface area (Å²) in [5.74, 6) is -0.172. The van der Waals surface area contributed by atoms with Crippen LogP contribution in [0.2, 0.25) is 0 Å². The molecule has 2 aromatic rings. The van der Waals surface area contributed by atoms with Gasteiger partial charge in [-0.15, -0.1) is 0 Å². The number of hydrogen-bond acceptors (Lipinski definition) is 5. The maximum Gasteiger partial charge on any atom is 0.252 e. The summed E-state index contributed by atoms with van der Waals surface area (Å²) in [6.45, 7) is 0. The summed E-state index contributed by atoms with van der Waals surface area (Å²) in [5.41, 5.74) is 6.21. The summed E-state index contributed by atoms with van der Waals surface area (Å²) in [7, 11) is 1.58. The highest BCUT2D eigenvalue weighted by atomic mass is 16.5. The first-order valence-corrected chi connectivity index (χ1v) is 5.79. The number of rotatable bonds is 4. The molecular formula is C14H13N3O3. The molecular weight excluding hydrogens is 258 g/mol. The predicted octanol–water partition coefficient (Wildman–Crippen LogP) is 2.92. The average molecular weight is 271 g/mol. The van der Waals surface area contributed by atoms with Gasteiger partial charge < -0.3 is 15.6 Å². The van der Waals surface area contributed by atoms with Crippen LogP contribution in [0.25, 0.3) is 0 Å². The fourth-order valence-electron chi connectivity index (χ4n) is 1.55. The molecule has 6 heteroatoms. The van der Waals surface area contributed by atoms with Gasteiger partial charge in [-0.25, -0.2) is 0 Å². The van der Waals surface area contributed by atoms with Crippen LogP contribution in [0.3, 0.4) is 0 Å². The molecule has 0 aliphatic carbocycles. The number of hydrogen-bond donors (Lipinski definition) is 2. The molecule has 0 aromatic heterocycles. The molecule has 6 nitrogen and oxygen atoms in total. The number of carbonyl (C=O) groups is 1. The average Bonchev–Trinajstić information content (AvgIpc) is 2.46. The fraction of sp³-hybridized carbons (Fsp3) is 0.0714. The Bertz CT molecular complexity index is 651. The lowest BCUT2D eigenvalue weighted by atomic mass is 10.2. The Morgan fingerprint density at radius 1 is 1.10 bits per heavy atom. The molecule has 0 saturated carbocycles. The molecule has 3 N–H and O–H groups in total. The summed E-state index contributed by atoms with van der Waals surface area (Å²) in [4.78, 5) is 11.1. The Balaban J connectivity index is 2.22. The van der Waals surface area contributed by atoms with Crippen molar-refractivity contribution in [1.82, 2.24) is 0 Å². The second kappa shape index (κ2) is 5.83. The number of aromatic hydroxyl groups is 1. The lowest BCUT2D eigenvalue weighted by molar-refractivity contribution is 0.0998. The number of nitrogens with two attached hydrogens (primary N) is 1. The maximum atomic E-state index is 11.1. The predicted molar refractivity (Wildman–Crippen MR) is 73.8 cm³/mol. The Labute approximate surface area is 115 Å². The van der Waals surface area contributed by atoms with Gasteiger partial charge in [-0.1, -0.05) is 0 Å². The maximum absolute atomic E-state index is 11.1. The van der Waals surface area contributed by atoms with Crippen molar-refractivity contribution < 1.29 is 14.6 Å². The van der Waals surface area contributed by atoms with E-state index in [4.69, 9.17) is 10.5 Å². The molecule has 1 amide bonds. The molecule has 0 aliphatic heterocycles. The van der Waals surface area contributed by atoms with E-state index < -0.39 is 5.91 Å². The number of nitrogens with zero attached hydrogens (tertiary/aromatic N) is 2. The third-order valence-corrected chi connectivity index (χ3v) is 2.60. The SMILES string of the molecule is COc1ccc(N=Nc2ccc(O)c(C(N)=O)c2)cc1. The number of ether oxygens (including phenoxy) is 1. The summed E-state index contributed by atoms with van der Waals surface area (Å²) in [6.07, 6.45) is 0. The van der Waals surface area contributed by atoms with Gasteiger partial charge in [0.2, 0.25) is 0 Å². The zero-order chi connectivity index (χ0) is 14.5. The third-order valence-electron chi connectivity index (χ3n) is 2.60. The Hall–Kier alpha value is -2.89. The zero-order valence-corrected chi connectivity index (χ0v) is 10.8. The molecule has 0 spiro atoms. The van der Waals surface area contributed by atoms with Crippen molar-refractivity contribution in [3.05, 3.63) is 48.0 Å². The number of azo groups is 1. The van der Waals surface area contributed by atoms with Crippen LogP contribution in [0, 0.1) is 0 Å².